The van der Waals surface area contributed by atoms with Crippen LogP contribution in [0.3, 0.4) is 0 Å². The number of halogens is 1. The predicted molar refractivity (Wildman–Crippen MR) is 108 cm³/mol. The summed E-state index contributed by atoms with van der Waals surface area (Å²) in [5.74, 6) is -1.03. The molecule has 8 heteroatoms. The number of fused-ring (bicyclic) bond motifs is 1. The topological polar surface area (TPSA) is 83.2 Å². The minimum absolute atomic E-state index is 0.0356. The lowest BCUT2D eigenvalue weighted by Gasteiger charge is -2.36. The smallest absolute Gasteiger partial charge is 0.310 e. The van der Waals surface area contributed by atoms with Crippen LogP contribution in [-0.2, 0) is 20.7 Å². The van der Waals surface area contributed by atoms with E-state index in [0.29, 0.717) is 48.4 Å². The number of para-hydroxylation sites is 1. The van der Waals surface area contributed by atoms with Gasteiger partial charge in [0.05, 0.1) is 18.4 Å². The lowest BCUT2D eigenvalue weighted by atomic mass is 10.1. The first kappa shape index (κ1) is 19.8. The van der Waals surface area contributed by atoms with Crippen molar-refractivity contribution in [3.63, 3.8) is 0 Å². The number of anilines is 1. The predicted octanol–water partition coefficient (Wildman–Crippen LogP) is 2.71. The maximum atomic E-state index is 13.9. The number of esters is 1. The molecule has 0 atom stereocenters. The summed E-state index contributed by atoms with van der Waals surface area (Å²) >= 11 is 0. The fourth-order valence-electron chi connectivity index (χ4n) is 3.55. The van der Waals surface area contributed by atoms with Crippen LogP contribution in [0.5, 0.6) is 5.75 Å². The summed E-state index contributed by atoms with van der Waals surface area (Å²) < 4.78 is 24.4. The fourth-order valence-corrected chi connectivity index (χ4v) is 3.55. The van der Waals surface area contributed by atoms with Crippen molar-refractivity contribution in [2.24, 2.45) is 0 Å². The molecule has 30 heavy (non-hydrogen) atoms. The number of phenols is 1. The van der Waals surface area contributed by atoms with Crippen LogP contribution >= 0.6 is 0 Å². The molecule has 0 aliphatic carbocycles. The highest BCUT2D eigenvalue weighted by Crippen LogP contribution is 2.25. The van der Waals surface area contributed by atoms with Crippen LogP contribution in [0.15, 0.2) is 53.1 Å². The summed E-state index contributed by atoms with van der Waals surface area (Å²) in [5.41, 5.74) is 1.62. The van der Waals surface area contributed by atoms with Gasteiger partial charge in [-0.2, -0.15) is 0 Å². The number of ether oxygens (including phenoxy) is 1. The van der Waals surface area contributed by atoms with Gasteiger partial charge in [0, 0.05) is 43.2 Å². The van der Waals surface area contributed by atoms with Gasteiger partial charge >= 0.3 is 5.97 Å². The second-order valence-corrected chi connectivity index (χ2v) is 7.10. The Morgan fingerprint density at radius 3 is 2.63 bits per heavy atom. The van der Waals surface area contributed by atoms with Crippen molar-refractivity contribution >= 4 is 28.5 Å². The molecule has 7 nitrogen and oxygen atoms in total. The minimum atomic E-state index is -0.538. The van der Waals surface area contributed by atoms with Crippen LogP contribution in [0.25, 0.3) is 11.0 Å². The summed E-state index contributed by atoms with van der Waals surface area (Å²) in [5, 5.41) is 10.2. The van der Waals surface area contributed by atoms with Crippen molar-refractivity contribution in [1.82, 2.24) is 4.90 Å². The molecule has 1 aliphatic heterocycles. The number of furan rings is 1. The molecule has 0 bridgehead atoms. The fraction of sp³-hybridized carbons (Fsp3) is 0.273. The Morgan fingerprint density at radius 1 is 1.10 bits per heavy atom. The molecule has 1 saturated heterocycles. The molecule has 0 spiro atoms. The molecular formula is C22H21FN2O5. The van der Waals surface area contributed by atoms with Crippen LogP contribution in [0.4, 0.5) is 10.1 Å². The van der Waals surface area contributed by atoms with Crippen molar-refractivity contribution in [1.29, 1.82) is 0 Å². The average Bonchev–Trinajstić information content (AvgIpc) is 3.14. The molecular weight excluding hydrogens is 391 g/mol. The van der Waals surface area contributed by atoms with Gasteiger partial charge in [0.1, 0.15) is 17.1 Å². The van der Waals surface area contributed by atoms with Gasteiger partial charge in [-0.3, -0.25) is 9.59 Å². The van der Waals surface area contributed by atoms with E-state index in [4.69, 9.17) is 9.15 Å². The van der Waals surface area contributed by atoms with Gasteiger partial charge in [-0.05, 0) is 24.3 Å². The summed E-state index contributed by atoms with van der Waals surface area (Å²) in [7, 11) is 0. The van der Waals surface area contributed by atoms with E-state index in [2.05, 4.69) is 0 Å². The Labute approximate surface area is 172 Å². The largest absolute Gasteiger partial charge is 0.508 e. The van der Waals surface area contributed by atoms with Crippen molar-refractivity contribution in [2.45, 2.75) is 6.42 Å². The van der Waals surface area contributed by atoms with E-state index in [-0.39, 0.29) is 30.5 Å². The van der Waals surface area contributed by atoms with Crippen LogP contribution in [-0.4, -0.2) is 54.7 Å². The van der Waals surface area contributed by atoms with E-state index in [1.165, 1.54) is 24.5 Å². The number of carbonyl (C=O) groups is 2. The average molecular weight is 412 g/mol. The molecule has 3 aromatic rings. The van der Waals surface area contributed by atoms with E-state index >= 15 is 0 Å². The third-order valence-corrected chi connectivity index (χ3v) is 5.16. The van der Waals surface area contributed by atoms with Gasteiger partial charge in [0.15, 0.2) is 6.61 Å². The number of benzene rings is 2. The highest BCUT2D eigenvalue weighted by atomic mass is 19.1. The molecule has 1 N–H and O–H groups in total. The summed E-state index contributed by atoms with van der Waals surface area (Å²) in [6, 6.07) is 11.2. The molecule has 156 valence electrons. The third-order valence-electron chi connectivity index (χ3n) is 5.16. The normalized spacial score (nSPS) is 14.2. The van der Waals surface area contributed by atoms with E-state index in [1.807, 2.05) is 4.90 Å². The van der Waals surface area contributed by atoms with E-state index in [1.54, 1.807) is 29.2 Å². The Hall–Kier alpha value is -3.55. The van der Waals surface area contributed by atoms with Crippen molar-refractivity contribution in [2.75, 3.05) is 37.7 Å². The Balaban J connectivity index is 1.26. The highest BCUT2D eigenvalue weighted by Gasteiger charge is 2.23. The summed E-state index contributed by atoms with van der Waals surface area (Å²) in [6.45, 7) is 1.54. The number of hydrogen-bond donors (Lipinski definition) is 1. The lowest BCUT2D eigenvalue weighted by Crippen LogP contribution is -2.50. The zero-order chi connectivity index (χ0) is 21.1. The van der Waals surface area contributed by atoms with Crippen molar-refractivity contribution in [3.8, 4) is 5.75 Å². The summed E-state index contributed by atoms with van der Waals surface area (Å²) in [6.07, 6.45) is 1.40. The van der Waals surface area contributed by atoms with Crippen LogP contribution in [0, 0.1) is 5.82 Å². The van der Waals surface area contributed by atoms with E-state index in [9.17, 15) is 19.1 Å². The number of rotatable bonds is 5. The van der Waals surface area contributed by atoms with Crippen LogP contribution in [0.2, 0.25) is 0 Å². The van der Waals surface area contributed by atoms with Crippen molar-refractivity contribution in [3.05, 3.63) is 60.1 Å². The number of carbonyl (C=O) groups excluding carboxylic acids is 2. The molecule has 0 radical (unpaired) electrons. The number of nitrogens with zero attached hydrogens (tertiary/aromatic N) is 2. The molecule has 4 rings (SSSR count). The van der Waals surface area contributed by atoms with E-state index in [0.717, 1.165) is 0 Å². The van der Waals surface area contributed by atoms with Gasteiger partial charge < -0.3 is 24.1 Å². The Kier molecular flexibility index (Phi) is 5.56. The summed E-state index contributed by atoms with van der Waals surface area (Å²) in [4.78, 5) is 28.0. The Bertz CT molecular complexity index is 1070. The van der Waals surface area contributed by atoms with Gasteiger partial charge in [0.25, 0.3) is 5.91 Å². The van der Waals surface area contributed by atoms with Crippen LogP contribution in [0.1, 0.15) is 5.56 Å². The number of hydrogen-bond acceptors (Lipinski definition) is 6. The van der Waals surface area contributed by atoms with E-state index < -0.39 is 5.97 Å². The molecule has 0 saturated carbocycles. The first-order chi connectivity index (χ1) is 14.5. The monoisotopic (exact) mass is 412 g/mol. The van der Waals surface area contributed by atoms with Gasteiger partial charge in [-0.25, -0.2) is 4.39 Å². The Morgan fingerprint density at radius 2 is 1.87 bits per heavy atom. The highest BCUT2D eigenvalue weighted by molar-refractivity contribution is 5.87. The number of amides is 1. The third kappa shape index (κ3) is 4.22. The molecule has 1 amide bonds. The second-order valence-electron chi connectivity index (χ2n) is 7.10. The zero-order valence-electron chi connectivity index (χ0n) is 16.2. The number of piperazine rings is 1. The van der Waals surface area contributed by atoms with Gasteiger partial charge in [0.2, 0.25) is 0 Å². The van der Waals surface area contributed by atoms with Gasteiger partial charge in [-0.15, -0.1) is 0 Å². The first-order valence-corrected chi connectivity index (χ1v) is 9.63. The van der Waals surface area contributed by atoms with Crippen molar-refractivity contribution < 1.29 is 28.2 Å². The quantitative estimate of drug-likeness (QED) is 0.649. The zero-order valence-corrected chi connectivity index (χ0v) is 16.2. The molecule has 0 unspecified atom stereocenters. The molecule has 1 aromatic heterocycles. The standard InChI is InChI=1S/C22H21FN2O5/c23-18-3-1-2-4-19(18)24-7-9-25(10-8-24)21(27)14-30-22(28)11-15-13-29-20-12-16(26)5-6-17(15)20/h1-6,12-13,26H,7-11,14H2. The SMILES string of the molecule is O=C(Cc1coc2cc(O)ccc12)OCC(=O)N1CCN(c2ccccc2F)CC1. The lowest BCUT2D eigenvalue weighted by molar-refractivity contribution is -0.151. The molecule has 2 heterocycles. The molecule has 1 fully saturated rings. The first-order valence-electron chi connectivity index (χ1n) is 9.63. The minimum Gasteiger partial charge on any atom is -0.508 e. The second kappa shape index (κ2) is 8.44. The van der Waals surface area contributed by atoms with Crippen LogP contribution < -0.4 is 4.90 Å². The molecule has 1 aliphatic rings. The maximum Gasteiger partial charge on any atom is 0.310 e. The maximum absolute atomic E-state index is 13.9. The van der Waals surface area contributed by atoms with Gasteiger partial charge in [-0.1, -0.05) is 12.1 Å². The molecule has 2 aromatic carbocycles. The number of aromatic hydroxyl groups is 1. The number of phenolic OH excluding ortho intramolecular Hbond substituents is 1.